The van der Waals surface area contributed by atoms with E-state index in [2.05, 4.69) is 5.32 Å². The van der Waals surface area contributed by atoms with Gasteiger partial charge in [-0.1, -0.05) is 13.8 Å². The first kappa shape index (κ1) is 17.6. The van der Waals surface area contributed by atoms with Crippen LogP contribution >= 0.6 is 0 Å². The molecule has 1 saturated heterocycles. The normalized spacial score (nSPS) is 37.2. The topological polar surface area (TPSA) is 155 Å². The quantitative estimate of drug-likeness (QED) is 0.286. The number of carbonyl (C=O) groups is 2. The van der Waals surface area contributed by atoms with Crippen molar-refractivity contribution in [2.75, 3.05) is 6.61 Å². The molecule has 0 spiro atoms. The van der Waals surface area contributed by atoms with Gasteiger partial charge in [-0.25, -0.2) is 4.79 Å². The molecule has 0 saturated carbocycles. The van der Waals surface area contributed by atoms with Crippen molar-refractivity contribution in [3.8, 4) is 0 Å². The molecule has 130 valence electrons. The zero-order valence-electron chi connectivity index (χ0n) is 12.7. The molecule has 2 aliphatic rings. The standard InChI is InChI=1S/C13H21N3O7/c1-6(2)11(20)23-13(14)3-4-16(12(21)15-13)10-9(19)8(18)7(5-17)22-10/h3-4,6-10,17-19H,5,14H2,1-2H3,(H,15,21)/t7-,8-,9-,10-,13?/m1/s1. The van der Waals surface area contributed by atoms with Crippen molar-refractivity contribution >= 4 is 12.0 Å². The van der Waals surface area contributed by atoms with Gasteiger partial charge in [0.05, 0.1) is 12.5 Å². The van der Waals surface area contributed by atoms with E-state index in [1.54, 1.807) is 13.8 Å². The van der Waals surface area contributed by atoms with Crippen molar-refractivity contribution in [3.63, 3.8) is 0 Å². The molecule has 0 bridgehead atoms. The summed E-state index contributed by atoms with van der Waals surface area (Å²) in [6.45, 7) is 2.72. The van der Waals surface area contributed by atoms with Crippen LogP contribution in [0.25, 0.3) is 0 Å². The number of hydrogen-bond acceptors (Lipinski definition) is 8. The van der Waals surface area contributed by atoms with Gasteiger partial charge in [-0.2, -0.15) is 0 Å². The van der Waals surface area contributed by atoms with Gasteiger partial charge in [-0.3, -0.25) is 20.7 Å². The Bertz CT molecular complexity index is 512. The predicted octanol–water partition coefficient (Wildman–Crippen LogP) is -2.22. The van der Waals surface area contributed by atoms with E-state index < -0.39 is 54.9 Å². The second-order valence-electron chi connectivity index (χ2n) is 5.75. The molecule has 2 heterocycles. The molecule has 0 radical (unpaired) electrons. The molecule has 2 rings (SSSR count). The van der Waals surface area contributed by atoms with Crippen molar-refractivity contribution in [2.24, 2.45) is 11.7 Å². The molecule has 1 fully saturated rings. The van der Waals surface area contributed by atoms with Crippen LogP contribution in [0.3, 0.4) is 0 Å². The average molecular weight is 331 g/mol. The third-order valence-electron chi connectivity index (χ3n) is 3.55. The van der Waals surface area contributed by atoms with Gasteiger partial charge in [0.1, 0.15) is 18.3 Å². The van der Waals surface area contributed by atoms with Crippen LogP contribution in [0.1, 0.15) is 13.8 Å². The third-order valence-corrected chi connectivity index (χ3v) is 3.55. The zero-order valence-corrected chi connectivity index (χ0v) is 12.7. The minimum absolute atomic E-state index is 0.431. The maximum absolute atomic E-state index is 12.2. The van der Waals surface area contributed by atoms with Crippen molar-refractivity contribution < 1.29 is 34.4 Å². The molecule has 2 aliphatic heterocycles. The molecule has 0 aliphatic carbocycles. The lowest BCUT2D eigenvalue weighted by Crippen LogP contribution is -2.64. The van der Waals surface area contributed by atoms with Gasteiger partial charge < -0.3 is 24.8 Å². The molecule has 0 aromatic heterocycles. The van der Waals surface area contributed by atoms with Gasteiger partial charge in [-0.15, -0.1) is 0 Å². The highest BCUT2D eigenvalue weighted by molar-refractivity contribution is 5.79. The first-order chi connectivity index (χ1) is 10.7. The number of nitrogens with two attached hydrogens (primary N) is 1. The molecule has 10 nitrogen and oxygen atoms in total. The maximum Gasteiger partial charge on any atom is 0.328 e. The van der Waals surface area contributed by atoms with E-state index in [4.69, 9.17) is 20.3 Å². The van der Waals surface area contributed by atoms with Gasteiger partial charge in [-0.05, 0) is 0 Å². The van der Waals surface area contributed by atoms with Crippen LogP contribution in [0, 0.1) is 5.92 Å². The van der Waals surface area contributed by atoms with Crippen LogP contribution in [0.4, 0.5) is 4.79 Å². The number of amides is 2. The molecule has 10 heteroatoms. The Morgan fingerprint density at radius 1 is 1.52 bits per heavy atom. The molecule has 2 amide bonds. The highest BCUT2D eigenvalue weighted by Crippen LogP contribution is 2.26. The van der Waals surface area contributed by atoms with E-state index in [0.29, 0.717) is 0 Å². The first-order valence-electron chi connectivity index (χ1n) is 7.12. The van der Waals surface area contributed by atoms with E-state index in [0.717, 1.165) is 4.90 Å². The van der Waals surface area contributed by atoms with E-state index >= 15 is 0 Å². The lowest BCUT2D eigenvalue weighted by atomic mass is 10.1. The Morgan fingerprint density at radius 3 is 2.65 bits per heavy atom. The van der Waals surface area contributed by atoms with Crippen LogP contribution in [-0.2, 0) is 14.3 Å². The summed E-state index contributed by atoms with van der Waals surface area (Å²) in [5.41, 5.74) is 5.78. The summed E-state index contributed by atoms with van der Waals surface area (Å²) in [5.74, 6) is -2.84. The largest absolute Gasteiger partial charge is 0.421 e. The van der Waals surface area contributed by atoms with Gasteiger partial charge >= 0.3 is 12.0 Å². The van der Waals surface area contributed by atoms with E-state index in [9.17, 15) is 19.8 Å². The van der Waals surface area contributed by atoms with Gasteiger partial charge in [0, 0.05) is 12.3 Å². The molecule has 0 aromatic carbocycles. The molecule has 1 unspecified atom stereocenters. The Morgan fingerprint density at radius 2 is 2.17 bits per heavy atom. The Balaban J connectivity index is 2.12. The Hall–Kier alpha value is -1.72. The summed E-state index contributed by atoms with van der Waals surface area (Å²) in [6.07, 6.45) is -2.57. The fourth-order valence-corrected chi connectivity index (χ4v) is 2.19. The Kier molecular flexibility index (Phi) is 4.92. The first-order valence-corrected chi connectivity index (χ1v) is 7.12. The van der Waals surface area contributed by atoms with Crippen molar-refractivity contribution in [1.29, 1.82) is 0 Å². The zero-order chi connectivity index (χ0) is 17.4. The van der Waals surface area contributed by atoms with Crippen LogP contribution in [0.15, 0.2) is 12.3 Å². The van der Waals surface area contributed by atoms with Crippen LogP contribution < -0.4 is 11.1 Å². The number of esters is 1. The minimum atomic E-state index is -1.81. The molecule has 5 atom stereocenters. The summed E-state index contributed by atoms with van der Waals surface area (Å²) < 4.78 is 10.3. The fourth-order valence-electron chi connectivity index (χ4n) is 2.19. The maximum atomic E-state index is 12.2. The molecular weight excluding hydrogens is 310 g/mol. The number of aliphatic hydroxyl groups is 3. The Labute approximate surface area is 132 Å². The van der Waals surface area contributed by atoms with E-state index in [-0.39, 0.29) is 0 Å². The number of nitrogens with zero attached hydrogens (tertiary/aromatic N) is 1. The van der Waals surface area contributed by atoms with Gasteiger partial charge in [0.2, 0.25) is 0 Å². The predicted molar refractivity (Wildman–Crippen MR) is 75.1 cm³/mol. The molecule has 23 heavy (non-hydrogen) atoms. The lowest BCUT2D eigenvalue weighted by Gasteiger charge is -2.37. The monoisotopic (exact) mass is 331 g/mol. The summed E-state index contributed by atoms with van der Waals surface area (Å²) in [6, 6.07) is -0.790. The average Bonchev–Trinajstić information content (AvgIpc) is 2.74. The van der Waals surface area contributed by atoms with E-state index in [1.807, 2.05) is 0 Å². The third kappa shape index (κ3) is 3.46. The van der Waals surface area contributed by atoms with Crippen molar-refractivity contribution in [2.45, 2.75) is 44.2 Å². The summed E-state index contributed by atoms with van der Waals surface area (Å²) in [7, 11) is 0. The van der Waals surface area contributed by atoms with Crippen LogP contribution in [0.2, 0.25) is 0 Å². The number of rotatable bonds is 4. The summed E-state index contributed by atoms with van der Waals surface area (Å²) in [4.78, 5) is 24.7. The fraction of sp³-hybridized carbons (Fsp3) is 0.692. The number of aliphatic hydroxyl groups excluding tert-OH is 3. The SMILES string of the molecule is CC(C)C(=O)OC1(N)C=CN([C@@H]2O[C@H](CO)[C@@H](O)[C@H]2O)C(=O)N1. The highest BCUT2D eigenvalue weighted by atomic mass is 16.6. The highest BCUT2D eigenvalue weighted by Gasteiger charge is 2.48. The van der Waals surface area contributed by atoms with Crippen LogP contribution in [0.5, 0.6) is 0 Å². The molecule has 6 N–H and O–H groups in total. The van der Waals surface area contributed by atoms with Crippen LogP contribution in [-0.4, -0.2) is 69.2 Å². The van der Waals surface area contributed by atoms with Gasteiger partial charge in [0.15, 0.2) is 6.23 Å². The second-order valence-corrected chi connectivity index (χ2v) is 5.75. The summed E-state index contributed by atoms with van der Waals surface area (Å²) in [5, 5.41) is 31.0. The summed E-state index contributed by atoms with van der Waals surface area (Å²) >= 11 is 0. The molecule has 0 aromatic rings. The van der Waals surface area contributed by atoms with E-state index in [1.165, 1.54) is 12.3 Å². The van der Waals surface area contributed by atoms with Crippen molar-refractivity contribution in [1.82, 2.24) is 10.2 Å². The number of urea groups is 1. The number of carbonyl (C=O) groups excluding carboxylic acids is 2. The number of ether oxygens (including phenoxy) is 2. The second kappa shape index (κ2) is 6.42. The number of hydrogen-bond donors (Lipinski definition) is 5. The number of nitrogens with one attached hydrogen (secondary N) is 1. The molecular formula is C13H21N3O7. The smallest absolute Gasteiger partial charge is 0.328 e. The lowest BCUT2D eigenvalue weighted by molar-refractivity contribution is -0.161. The van der Waals surface area contributed by atoms with Gasteiger partial charge in [0.25, 0.3) is 5.85 Å². The van der Waals surface area contributed by atoms with Crippen molar-refractivity contribution in [3.05, 3.63) is 12.3 Å². The minimum Gasteiger partial charge on any atom is -0.421 e.